The van der Waals surface area contributed by atoms with Crippen molar-refractivity contribution in [3.8, 4) is 0 Å². The first-order valence-corrected chi connectivity index (χ1v) is 11.1. The monoisotopic (exact) mass is 497 g/mol. The fourth-order valence-corrected chi connectivity index (χ4v) is 5.39. The first-order valence-electron chi connectivity index (χ1n) is 8.43. The van der Waals surface area contributed by atoms with Crippen molar-refractivity contribution in [2.24, 2.45) is 10.9 Å². The van der Waals surface area contributed by atoms with E-state index in [0.717, 1.165) is 18.9 Å². The molecule has 2 atom stereocenters. The Morgan fingerprint density at radius 1 is 1.32 bits per heavy atom. The van der Waals surface area contributed by atoms with E-state index in [0.29, 0.717) is 29.8 Å². The van der Waals surface area contributed by atoms with E-state index in [9.17, 15) is 8.42 Å². The number of guanidine groups is 1. The van der Waals surface area contributed by atoms with Crippen molar-refractivity contribution in [1.29, 1.82) is 0 Å². The number of halogens is 1. The zero-order chi connectivity index (χ0) is 17.4. The fraction of sp³-hybridized carbons (Fsp3) is 0.588. The Morgan fingerprint density at radius 3 is 2.64 bits per heavy atom. The van der Waals surface area contributed by atoms with Gasteiger partial charge in [0.2, 0.25) is 0 Å². The molecule has 0 bridgehead atoms. The predicted octanol–water partition coefficient (Wildman–Crippen LogP) is 2.78. The number of nitrogens with zero attached hydrogens (tertiary/aromatic N) is 1. The van der Waals surface area contributed by atoms with E-state index in [4.69, 9.17) is 0 Å². The van der Waals surface area contributed by atoms with Crippen molar-refractivity contribution < 1.29 is 8.42 Å². The lowest BCUT2D eigenvalue weighted by molar-refractivity contribution is 0.567. The van der Waals surface area contributed by atoms with Gasteiger partial charge in [0, 0.05) is 23.2 Å². The summed E-state index contributed by atoms with van der Waals surface area (Å²) in [5.74, 6) is 1.56. The molecule has 0 saturated carbocycles. The number of nitrogens with one attached hydrogen (secondary N) is 2. The average Bonchev–Trinajstić information content (AvgIpc) is 2.90. The van der Waals surface area contributed by atoms with Gasteiger partial charge >= 0.3 is 0 Å². The molecular weight excluding hydrogens is 469 g/mol. The normalized spacial score (nSPS) is 20.6. The van der Waals surface area contributed by atoms with Crippen molar-refractivity contribution in [1.82, 2.24) is 10.6 Å². The smallest absolute Gasteiger partial charge is 0.191 e. The minimum atomic E-state index is -2.82. The van der Waals surface area contributed by atoms with Crippen LogP contribution in [-0.2, 0) is 9.84 Å². The van der Waals surface area contributed by atoms with E-state index in [1.165, 1.54) is 4.90 Å². The molecule has 1 aliphatic heterocycles. The summed E-state index contributed by atoms with van der Waals surface area (Å²) in [5, 5.41) is 6.88. The topological polar surface area (TPSA) is 70.6 Å². The minimum Gasteiger partial charge on any atom is -0.357 e. The van der Waals surface area contributed by atoms with Gasteiger partial charge in [-0.15, -0.1) is 35.7 Å². The van der Waals surface area contributed by atoms with Gasteiger partial charge in [-0.3, -0.25) is 4.99 Å². The highest BCUT2D eigenvalue weighted by Crippen LogP contribution is 2.22. The molecule has 1 heterocycles. The van der Waals surface area contributed by atoms with Gasteiger partial charge in [0.15, 0.2) is 15.8 Å². The lowest BCUT2D eigenvalue weighted by Gasteiger charge is -2.15. The van der Waals surface area contributed by atoms with Crippen molar-refractivity contribution in [2.45, 2.75) is 30.4 Å². The fourth-order valence-electron chi connectivity index (χ4n) is 2.60. The van der Waals surface area contributed by atoms with Crippen LogP contribution in [0.4, 0.5) is 0 Å². The summed E-state index contributed by atoms with van der Waals surface area (Å²) in [6, 6.07) is 10.3. The molecule has 0 radical (unpaired) electrons. The van der Waals surface area contributed by atoms with Gasteiger partial charge in [0.25, 0.3) is 0 Å². The lowest BCUT2D eigenvalue weighted by atomic mass is 10.1. The minimum absolute atomic E-state index is 0. The van der Waals surface area contributed by atoms with Crippen LogP contribution in [-0.4, -0.2) is 50.8 Å². The molecule has 2 N–H and O–H groups in total. The SMILES string of the molecule is CCNC(=NCC(C)Sc1ccccc1)NCC1CCS(=O)(=O)C1.I. The van der Waals surface area contributed by atoms with Gasteiger partial charge in [-0.1, -0.05) is 25.1 Å². The molecule has 2 unspecified atom stereocenters. The number of thioether (sulfide) groups is 1. The van der Waals surface area contributed by atoms with Crippen LogP contribution in [0, 0.1) is 5.92 Å². The maximum absolute atomic E-state index is 11.5. The molecule has 0 spiro atoms. The van der Waals surface area contributed by atoms with Gasteiger partial charge < -0.3 is 10.6 Å². The Kier molecular flexibility index (Phi) is 10.2. The predicted molar refractivity (Wildman–Crippen MR) is 118 cm³/mol. The lowest BCUT2D eigenvalue weighted by Crippen LogP contribution is -2.40. The Morgan fingerprint density at radius 2 is 2.04 bits per heavy atom. The first-order chi connectivity index (χ1) is 11.5. The zero-order valence-electron chi connectivity index (χ0n) is 14.8. The van der Waals surface area contributed by atoms with Gasteiger partial charge in [-0.25, -0.2) is 8.42 Å². The van der Waals surface area contributed by atoms with Gasteiger partial charge in [0.05, 0.1) is 18.1 Å². The molecule has 5 nitrogen and oxygen atoms in total. The highest BCUT2D eigenvalue weighted by molar-refractivity contribution is 14.0. The Bertz CT molecular complexity index is 639. The molecule has 0 aliphatic carbocycles. The van der Waals surface area contributed by atoms with E-state index in [1.807, 2.05) is 25.1 Å². The van der Waals surface area contributed by atoms with Crippen LogP contribution in [0.15, 0.2) is 40.2 Å². The van der Waals surface area contributed by atoms with Crippen LogP contribution in [0.5, 0.6) is 0 Å². The molecule has 2 rings (SSSR count). The number of aliphatic imine (C=N–C) groups is 1. The molecule has 8 heteroatoms. The van der Waals surface area contributed by atoms with E-state index >= 15 is 0 Å². The van der Waals surface area contributed by atoms with Crippen LogP contribution in [0.25, 0.3) is 0 Å². The number of benzene rings is 1. The molecule has 0 amide bonds. The first kappa shape index (κ1) is 22.6. The average molecular weight is 497 g/mol. The van der Waals surface area contributed by atoms with Crippen molar-refractivity contribution in [2.75, 3.05) is 31.1 Å². The number of hydrogen-bond acceptors (Lipinski definition) is 4. The Labute approximate surface area is 172 Å². The summed E-state index contributed by atoms with van der Waals surface area (Å²) < 4.78 is 23.0. The van der Waals surface area contributed by atoms with Gasteiger partial charge in [-0.2, -0.15) is 0 Å². The summed E-state index contributed by atoms with van der Waals surface area (Å²) in [7, 11) is -2.82. The van der Waals surface area contributed by atoms with E-state index in [-0.39, 0.29) is 29.9 Å². The molecule has 1 aromatic carbocycles. The van der Waals surface area contributed by atoms with Crippen LogP contribution in [0.1, 0.15) is 20.3 Å². The second-order valence-corrected chi connectivity index (χ2v) is 9.85. The maximum Gasteiger partial charge on any atom is 0.191 e. The van der Waals surface area contributed by atoms with Crippen LogP contribution in [0.2, 0.25) is 0 Å². The molecule has 1 aromatic rings. The molecule has 1 saturated heterocycles. The second-order valence-electron chi connectivity index (χ2n) is 6.11. The largest absolute Gasteiger partial charge is 0.357 e. The summed E-state index contributed by atoms with van der Waals surface area (Å²) in [5.41, 5.74) is 0. The highest BCUT2D eigenvalue weighted by Gasteiger charge is 2.27. The summed E-state index contributed by atoms with van der Waals surface area (Å²) in [6.07, 6.45) is 0.745. The molecule has 1 aliphatic rings. The quantitative estimate of drug-likeness (QED) is 0.263. The zero-order valence-corrected chi connectivity index (χ0v) is 18.7. The number of sulfone groups is 1. The highest BCUT2D eigenvalue weighted by atomic mass is 127. The molecular formula is C17H28IN3O2S2. The summed E-state index contributed by atoms with van der Waals surface area (Å²) in [6.45, 7) is 6.34. The third-order valence-corrected chi connectivity index (χ3v) is 6.75. The molecule has 142 valence electrons. The molecule has 25 heavy (non-hydrogen) atoms. The van der Waals surface area contributed by atoms with Crippen LogP contribution < -0.4 is 10.6 Å². The third-order valence-electron chi connectivity index (χ3n) is 3.82. The van der Waals surface area contributed by atoms with Crippen molar-refractivity contribution in [3.63, 3.8) is 0 Å². The van der Waals surface area contributed by atoms with Crippen LogP contribution >= 0.6 is 35.7 Å². The Hall–Kier alpha value is -0.480. The molecule has 1 fully saturated rings. The number of hydrogen-bond donors (Lipinski definition) is 2. The van der Waals surface area contributed by atoms with E-state index in [1.54, 1.807) is 11.8 Å². The number of rotatable bonds is 7. The van der Waals surface area contributed by atoms with E-state index < -0.39 is 9.84 Å². The van der Waals surface area contributed by atoms with Gasteiger partial charge in [-0.05, 0) is 31.4 Å². The molecule has 0 aromatic heterocycles. The van der Waals surface area contributed by atoms with E-state index in [2.05, 4.69) is 34.7 Å². The van der Waals surface area contributed by atoms with Gasteiger partial charge in [0.1, 0.15) is 0 Å². The van der Waals surface area contributed by atoms with Crippen LogP contribution in [0.3, 0.4) is 0 Å². The third kappa shape index (κ3) is 8.63. The Balaban J connectivity index is 0.00000312. The standard InChI is InChI=1S/C17H27N3O2S2.HI/c1-3-18-17(20-12-15-9-10-24(21,22)13-15)19-11-14(2)23-16-7-5-4-6-8-16;/h4-8,14-15H,3,9-13H2,1-2H3,(H2,18,19,20);1H. The summed E-state index contributed by atoms with van der Waals surface area (Å²) in [4.78, 5) is 5.88. The second kappa shape index (κ2) is 11.3. The van der Waals surface area contributed by atoms with Crippen molar-refractivity contribution in [3.05, 3.63) is 30.3 Å². The summed E-state index contributed by atoms with van der Waals surface area (Å²) >= 11 is 1.80. The maximum atomic E-state index is 11.5. The van der Waals surface area contributed by atoms with Crippen molar-refractivity contribution >= 4 is 51.5 Å².